The Morgan fingerprint density at radius 2 is 2.11 bits per heavy atom. The van der Waals surface area contributed by atoms with E-state index in [1.807, 2.05) is 53.3 Å². The van der Waals surface area contributed by atoms with Crippen molar-refractivity contribution in [3.63, 3.8) is 0 Å². The molecule has 0 fully saturated rings. The van der Waals surface area contributed by atoms with Gasteiger partial charge in [0, 0.05) is 30.4 Å². The monoisotopic (exact) mass is 400 g/mol. The van der Waals surface area contributed by atoms with Crippen LogP contribution in [-0.2, 0) is 11.3 Å². The number of esters is 1. The average Bonchev–Trinajstić information content (AvgIpc) is 3.35. The third-order valence-corrected chi connectivity index (χ3v) is 5.18. The number of rotatable bonds is 7. The normalized spacial score (nSPS) is 10.4. The maximum Gasteiger partial charge on any atom is 0.340 e. The van der Waals surface area contributed by atoms with Crippen LogP contribution in [0, 0.1) is 0 Å². The number of methoxy groups -OCH3 is 1. The van der Waals surface area contributed by atoms with Gasteiger partial charge in [-0.25, -0.2) is 4.79 Å². The number of ether oxygens (including phenoxy) is 1. The molecule has 1 aromatic carbocycles. The van der Waals surface area contributed by atoms with E-state index in [9.17, 15) is 4.79 Å². The van der Waals surface area contributed by atoms with Crippen LogP contribution in [-0.4, -0.2) is 34.5 Å². The number of hydrogen-bond acceptors (Lipinski definition) is 5. The summed E-state index contributed by atoms with van der Waals surface area (Å²) >= 11 is 6.84. The zero-order chi connectivity index (χ0) is 19.1. The summed E-state index contributed by atoms with van der Waals surface area (Å²) in [7, 11) is 1.37. The second kappa shape index (κ2) is 9.29. The summed E-state index contributed by atoms with van der Waals surface area (Å²) < 4.78 is 6.78. The topological polar surface area (TPSA) is 68.2 Å². The highest BCUT2D eigenvalue weighted by molar-refractivity contribution is 7.80. The average molecular weight is 401 g/mol. The largest absolute Gasteiger partial charge is 0.465 e. The van der Waals surface area contributed by atoms with Crippen LogP contribution in [0.5, 0.6) is 0 Å². The molecule has 0 atom stereocenters. The molecule has 0 saturated heterocycles. The summed E-state index contributed by atoms with van der Waals surface area (Å²) in [6.07, 6.45) is 4.57. The number of carbonyl (C=O) groups is 1. The van der Waals surface area contributed by atoms with E-state index in [0.29, 0.717) is 22.2 Å². The molecular formula is C19H20N4O2S2. The van der Waals surface area contributed by atoms with Crippen LogP contribution in [0.15, 0.2) is 54.9 Å². The van der Waals surface area contributed by atoms with Crippen LogP contribution in [0.3, 0.4) is 0 Å². The molecule has 8 heteroatoms. The molecule has 0 radical (unpaired) electrons. The van der Waals surface area contributed by atoms with Gasteiger partial charge in [0.05, 0.1) is 12.7 Å². The van der Waals surface area contributed by atoms with Gasteiger partial charge in [-0.2, -0.15) is 5.10 Å². The summed E-state index contributed by atoms with van der Waals surface area (Å²) in [5, 5.41) is 11.6. The number of anilines is 1. The highest BCUT2D eigenvalue weighted by Crippen LogP contribution is 2.35. The second-order valence-electron chi connectivity index (χ2n) is 5.71. The zero-order valence-corrected chi connectivity index (χ0v) is 16.5. The quantitative estimate of drug-likeness (QED) is 0.357. The molecule has 2 aromatic heterocycles. The van der Waals surface area contributed by atoms with Crippen molar-refractivity contribution in [3.05, 3.63) is 60.4 Å². The molecule has 0 saturated carbocycles. The van der Waals surface area contributed by atoms with E-state index in [1.165, 1.54) is 18.4 Å². The molecule has 27 heavy (non-hydrogen) atoms. The molecule has 0 bridgehead atoms. The lowest BCUT2D eigenvalue weighted by Gasteiger charge is -2.10. The number of aryl methyl sites for hydroxylation is 1. The first kappa shape index (κ1) is 19.1. The van der Waals surface area contributed by atoms with Crippen LogP contribution >= 0.6 is 23.6 Å². The summed E-state index contributed by atoms with van der Waals surface area (Å²) in [5.74, 6) is -0.391. The Bertz CT molecular complexity index is 892. The minimum absolute atomic E-state index is 0.391. The van der Waals surface area contributed by atoms with Gasteiger partial charge in [-0.15, -0.1) is 11.3 Å². The fourth-order valence-corrected chi connectivity index (χ4v) is 3.84. The number of thiophene rings is 1. The van der Waals surface area contributed by atoms with Gasteiger partial charge >= 0.3 is 5.97 Å². The van der Waals surface area contributed by atoms with Crippen LogP contribution in [0.1, 0.15) is 16.8 Å². The van der Waals surface area contributed by atoms with Gasteiger partial charge in [0.1, 0.15) is 5.00 Å². The molecule has 3 rings (SSSR count). The van der Waals surface area contributed by atoms with E-state index in [-0.39, 0.29) is 0 Å². The maximum atomic E-state index is 12.1. The van der Waals surface area contributed by atoms with Crippen LogP contribution < -0.4 is 10.6 Å². The molecular weight excluding hydrogens is 380 g/mol. The standard InChI is InChI=1S/C19H20N4O2S2/c1-25-18(24)15-13-16(14-7-3-2-4-8-14)27-17(15)22-19(26)20-9-5-11-23-12-6-10-21-23/h2-4,6-8,10,12-13H,5,9,11H2,1H3,(H2,20,22,26). The minimum Gasteiger partial charge on any atom is -0.465 e. The Hall–Kier alpha value is -2.71. The second-order valence-corrected chi connectivity index (χ2v) is 7.18. The number of nitrogens with zero attached hydrogens (tertiary/aromatic N) is 2. The lowest BCUT2D eigenvalue weighted by atomic mass is 10.1. The first-order chi connectivity index (χ1) is 13.2. The number of aromatic nitrogens is 2. The van der Waals surface area contributed by atoms with Gasteiger partial charge < -0.3 is 15.4 Å². The van der Waals surface area contributed by atoms with Crippen LogP contribution in [0.25, 0.3) is 10.4 Å². The van der Waals surface area contributed by atoms with Gasteiger partial charge in [-0.05, 0) is 36.3 Å². The molecule has 3 aromatic rings. The van der Waals surface area contributed by atoms with E-state index in [2.05, 4.69) is 15.7 Å². The molecule has 0 aliphatic heterocycles. The van der Waals surface area contributed by atoms with Gasteiger partial charge in [-0.1, -0.05) is 30.3 Å². The maximum absolute atomic E-state index is 12.1. The van der Waals surface area contributed by atoms with Gasteiger partial charge in [0.15, 0.2) is 5.11 Å². The van der Waals surface area contributed by atoms with E-state index >= 15 is 0 Å². The molecule has 0 amide bonds. The molecule has 0 aliphatic rings. The van der Waals surface area contributed by atoms with Gasteiger partial charge in [0.2, 0.25) is 0 Å². The van der Waals surface area contributed by atoms with Crippen molar-refractivity contribution in [1.29, 1.82) is 0 Å². The lowest BCUT2D eigenvalue weighted by molar-refractivity contribution is 0.0602. The Labute approximate surface area is 167 Å². The zero-order valence-electron chi connectivity index (χ0n) is 14.8. The Balaban J connectivity index is 1.63. The highest BCUT2D eigenvalue weighted by Gasteiger charge is 2.18. The van der Waals surface area contributed by atoms with Crippen LogP contribution in [0.4, 0.5) is 5.00 Å². The SMILES string of the molecule is COC(=O)c1cc(-c2ccccc2)sc1NC(=S)NCCCn1cccn1. The summed E-state index contributed by atoms with van der Waals surface area (Å²) in [6.45, 7) is 1.52. The Kier molecular flexibility index (Phi) is 6.56. The first-order valence-electron chi connectivity index (χ1n) is 8.47. The van der Waals surface area contributed by atoms with Crippen molar-refractivity contribution in [2.45, 2.75) is 13.0 Å². The molecule has 2 N–H and O–H groups in total. The molecule has 6 nitrogen and oxygen atoms in total. The minimum atomic E-state index is -0.391. The lowest BCUT2D eigenvalue weighted by Crippen LogP contribution is -2.30. The number of nitrogens with one attached hydrogen (secondary N) is 2. The highest BCUT2D eigenvalue weighted by atomic mass is 32.1. The van der Waals surface area contributed by atoms with Gasteiger partial charge in [0.25, 0.3) is 0 Å². The summed E-state index contributed by atoms with van der Waals surface area (Å²) in [5.41, 5.74) is 1.51. The van der Waals surface area contributed by atoms with E-state index < -0.39 is 5.97 Å². The molecule has 140 valence electrons. The fourth-order valence-electron chi connectivity index (χ4n) is 2.51. The van der Waals surface area contributed by atoms with Crippen LogP contribution in [0.2, 0.25) is 0 Å². The predicted molar refractivity (Wildman–Crippen MR) is 112 cm³/mol. The molecule has 2 heterocycles. The predicted octanol–water partition coefficient (Wildman–Crippen LogP) is 3.77. The third kappa shape index (κ3) is 5.15. The van der Waals surface area contributed by atoms with Crippen molar-refractivity contribution >= 4 is 39.6 Å². The van der Waals surface area contributed by atoms with Gasteiger partial charge in [-0.3, -0.25) is 4.68 Å². The van der Waals surface area contributed by atoms with E-state index in [1.54, 1.807) is 6.20 Å². The fraction of sp³-hybridized carbons (Fsp3) is 0.211. The van der Waals surface area contributed by atoms with Crippen molar-refractivity contribution in [2.75, 3.05) is 19.0 Å². The smallest absolute Gasteiger partial charge is 0.340 e. The Morgan fingerprint density at radius 1 is 1.30 bits per heavy atom. The number of thiocarbonyl (C=S) groups is 1. The number of benzene rings is 1. The Morgan fingerprint density at radius 3 is 2.81 bits per heavy atom. The molecule has 0 unspecified atom stereocenters. The van der Waals surface area contributed by atoms with E-state index in [0.717, 1.165) is 23.4 Å². The summed E-state index contributed by atoms with van der Waals surface area (Å²) in [4.78, 5) is 13.1. The summed E-state index contributed by atoms with van der Waals surface area (Å²) in [6, 6.07) is 13.6. The molecule has 0 spiro atoms. The van der Waals surface area contributed by atoms with Crippen molar-refractivity contribution < 1.29 is 9.53 Å². The third-order valence-electron chi connectivity index (χ3n) is 3.83. The van der Waals surface area contributed by atoms with Crippen molar-refractivity contribution in [3.8, 4) is 10.4 Å². The molecule has 0 aliphatic carbocycles. The van der Waals surface area contributed by atoms with Crippen molar-refractivity contribution in [2.24, 2.45) is 0 Å². The number of carbonyl (C=O) groups excluding carboxylic acids is 1. The number of hydrogen-bond donors (Lipinski definition) is 2. The van der Waals surface area contributed by atoms with E-state index in [4.69, 9.17) is 17.0 Å². The van der Waals surface area contributed by atoms with Crippen molar-refractivity contribution in [1.82, 2.24) is 15.1 Å². The first-order valence-corrected chi connectivity index (χ1v) is 9.69.